The second-order valence-corrected chi connectivity index (χ2v) is 8.75. The van der Waals surface area contributed by atoms with E-state index in [1.807, 2.05) is 24.3 Å². The largest absolute Gasteiger partial charge is 0.452 e. The molecule has 0 bridgehead atoms. The van der Waals surface area contributed by atoms with Crippen molar-refractivity contribution < 1.29 is 18.7 Å². The fourth-order valence-electron chi connectivity index (χ4n) is 3.47. The molecule has 0 saturated heterocycles. The first kappa shape index (κ1) is 20.3. The van der Waals surface area contributed by atoms with Crippen molar-refractivity contribution in [2.75, 3.05) is 18.1 Å². The number of para-hydroxylation sites is 1. The summed E-state index contributed by atoms with van der Waals surface area (Å²) in [5.41, 5.74) is 2.00. The molecule has 2 heterocycles. The van der Waals surface area contributed by atoms with E-state index in [2.05, 4.69) is 11.9 Å². The number of fused-ring (bicyclic) bond motifs is 2. The van der Waals surface area contributed by atoms with Crippen molar-refractivity contribution in [2.45, 2.75) is 30.4 Å². The van der Waals surface area contributed by atoms with Crippen LogP contribution in [0.3, 0.4) is 0 Å². The van der Waals surface area contributed by atoms with Gasteiger partial charge in [0, 0.05) is 28.1 Å². The highest BCUT2D eigenvalue weighted by Crippen LogP contribution is 2.37. The smallest absolute Gasteiger partial charge is 0.340 e. The molecular formula is C23H21FN2O3S. The maximum atomic E-state index is 13.4. The van der Waals surface area contributed by atoms with E-state index in [1.165, 1.54) is 12.1 Å². The number of aryl methyl sites for hydroxylation is 1. The molecule has 1 aliphatic rings. The number of hydrogen-bond donors (Lipinski definition) is 0. The Hall–Kier alpha value is -2.93. The number of halogens is 1. The molecule has 5 nitrogen and oxygen atoms in total. The Kier molecular flexibility index (Phi) is 5.72. The Morgan fingerprint density at radius 3 is 2.87 bits per heavy atom. The van der Waals surface area contributed by atoms with Crippen molar-refractivity contribution in [1.29, 1.82) is 0 Å². The van der Waals surface area contributed by atoms with E-state index < -0.39 is 5.97 Å². The molecule has 1 amide bonds. The molecule has 0 spiro atoms. The number of aromatic nitrogens is 1. The van der Waals surface area contributed by atoms with Gasteiger partial charge in [-0.05, 0) is 43.7 Å². The zero-order chi connectivity index (χ0) is 21.3. The summed E-state index contributed by atoms with van der Waals surface area (Å²) in [5, 5.41) is 1.02. The van der Waals surface area contributed by atoms with Crippen molar-refractivity contribution >= 4 is 40.2 Å². The lowest BCUT2D eigenvalue weighted by Gasteiger charge is -2.22. The molecule has 3 aromatic rings. The highest BCUT2D eigenvalue weighted by molar-refractivity contribution is 8.00. The summed E-state index contributed by atoms with van der Waals surface area (Å²) < 4.78 is 18.7. The van der Waals surface area contributed by atoms with Gasteiger partial charge in [0.15, 0.2) is 6.61 Å². The van der Waals surface area contributed by atoms with Gasteiger partial charge >= 0.3 is 5.97 Å². The normalized spacial score (nSPS) is 16.1. The predicted molar refractivity (Wildman–Crippen MR) is 115 cm³/mol. The van der Waals surface area contributed by atoms with Gasteiger partial charge in [0.05, 0.1) is 22.5 Å². The van der Waals surface area contributed by atoms with E-state index in [4.69, 9.17) is 4.74 Å². The molecule has 30 heavy (non-hydrogen) atoms. The number of anilines is 1. The Morgan fingerprint density at radius 1 is 1.23 bits per heavy atom. The summed E-state index contributed by atoms with van der Waals surface area (Å²) in [5.74, 6) is -1.27. The molecule has 1 aliphatic heterocycles. The number of amides is 1. The van der Waals surface area contributed by atoms with E-state index in [-0.39, 0.29) is 23.9 Å². The molecule has 1 aromatic heterocycles. The lowest BCUT2D eigenvalue weighted by atomic mass is 10.1. The Bertz CT molecular complexity index is 1130. The van der Waals surface area contributed by atoms with Crippen molar-refractivity contribution in [3.63, 3.8) is 0 Å². The summed E-state index contributed by atoms with van der Waals surface area (Å²) >= 11 is 1.74. The van der Waals surface area contributed by atoms with Gasteiger partial charge in [-0.1, -0.05) is 19.1 Å². The maximum Gasteiger partial charge on any atom is 0.340 e. The number of esters is 1. The summed E-state index contributed by atoms with van der Waals surface area (Å²) in [7, 11) is 0. The van der Waals surface area contributed by atoms with Crippen LogP contribution in [0.25, 0.3) is 10.9 Å². The number of ether oxygens (including phenoxy) is 1. The van der Waals surface area contributed by atoms with Crippen LogP contribution < -0.4 is 4.90 Å². The number of carbonyl (C=O) groups excluding carboxylic acids is 2. The van der Waals surface area contributed by atoms with Gasteiger partial charge in [0.2, 0.25) is 0 Å². The maximum absolute atomic E-state index is 13.4. The number of hydrogen-bond acceptors (Lipinski definition) is 5. The Labute approximate surface area is 178 Å². The van der Waals surface area contributed by atoms with Crippen molar-refractivity contribution in [2.24, 2.45) is 0 Å². The fourth-order valence-corrected chi connectivity index (χ4v) is 4.58. The minimum absolute atomic E-state index is 0.265. The molecule has 0 aliphatic carbocycles. The first-order valence-electron chi connectivity index (χ1n) is 9.72. The first-order valence-corrected chi connectivity index (χ1v) is 10.6. The van der Waals surface area contributed by atoms with Gasteiger partial charge in [-0.15, -0.1) is 11.8 Å². The van der Waals surface area contributed by atoms with Crippen molar-refractivity contribution in [1.82, 2.24) is 4.98 Å². The second kappa shape index (κ2) is 8.44. The third kappa shape index (κ3) is 4.16. The molecule has 4 rings (SSSR count). The molecule has 0 radical (unpaired) electrons. The fraction of sp³-hybridized carbons (Fsp3) is 0.261. The second-order valence-electron chi connectivity index (χ2n) is 7.26. The van der Waals surface area contributed by atoms with E-state index in [1.54, 1.807) is 35.7 Å². The van der Waals surface area contributed by atoms with Gasteiger partial charge in [-0.25, -0.2) is 9.18 Å². The molecule has 2 aromatic carbocycles. The summed E-state index contributed by atoms with van der Waals surface area (Å²) in [6.45, 7) is 4.01. The molecule has 0 unspecified atom stereocenters. The number of nitrogens with zero attached hydrogens (tertiary/aromatic N) is 2. The van der Waals surface area contributed by atoms with E-state index in [9.17, 15) is 14.0 Å². The standard InChI is InChI=1S/C23H21FN2O3S/c1-14-9-10-26(20-5-3-4-6-21(20)30-14)22(27)13-29-23(28)18-11-16-7-8-17(24)12-19(16)25-15(18)2/h3-8,11-12,14H,9-10,13H2,1-2H3/t14-/m1/s1. The highest BCUT2D eigenvalue weighted by Gasteiger charge is 2.25. The molecule has 0 N–H and O–H groups in total. The number of rotatable bonds is 3. The molecule has 154 valence electrons. The van der Waals surface area contributed by atoms with E-state index >= 15 is 0 Å². The van der Waals surface area contributed by atoms with Gasteiger partial charge < -0.3 is 9.64 Å². The van der Waals surface area contributed by atoms with Gasteiger partial charge in [-0.2, -0.15) is 0 Å². The third-order valence-electron chi connectivity index (χ3n) is 5.06. The molecule has 0 fully saturated rings. The Balaban J connectivity index is 1.50. The summed E-state index contributed by atoms with van der Waals surface area (Å²) in [6, 6.07) is 13.6. The highest BCUT2D eigenvalue weighted by atomic mass is 32.2. The first-order chi connectivity index (χ1) is 14.4. The predicted octanol–water partition coefficient (Wildman–Crippen LogP) is 4.76. The quantitative estimate of drug-likeness (QED) is 0.568. The monoisotopic (exact) mass is 424 g/mol. The van der Waals surface area contributed by atoms with Crippen LogP contribution in [0.1, 0.15) is 29.4 Å². The number of benzene rings is 2. The molecule has 7 heteroatoms. The van der Waals surface area contributed by atoms with Gasteiger partial charge in [0.1, 0.15) is 5.82 Å². The van der Waals surface area contributed by atoms with Gasteiger partial charge in [-0.3, -0.25) is 9.78 Å². The minimum Gasteiger partial charge on any atom is -0.452 e. The Morgan fingerprint density at radius 2 is 2.03 bits per heavy atom. The molecule has 1 atom stereocenters. The summed E-state index contributed by atoms with van der Waals surface area (Å²) in [6.07, 6.45) is 0.850. The van der Waals surface area contributed by atoms with Crippen LogP contribution in [0, 0.1) is 12.7 Å². The van der Waals surface area contributed by atoms with Crippen LogP contribution in [0.2, 0.25) is 0 Å². The zero-order valence-electron chi connectivity index (χ0n) is 16.7. The van der Waals surface area contributed by atoms with Crippen LogP contribution in [-0.4, -0.2) is 35.3 Å². The van der Waals surface area contributed by atoms with Crippen LogP contribution in [0.5, 0.6) is 0 Å². The van der Waals surface area contributed by atoms with Crippen LogP contribution >= 0.6 is 11.8 Å². The van der Waals surface area contributed by atoms with E-state index in [0.29, 0.717) is 28.4 Å². The van der Waals surface area contributed by atoms with Crippen molar-refractivity contribution in [3.8, 4) is 0 Å². The average Bonchev–Trinajstić information content (AvgIpc) is 2.89. The molecule has 0 saturated carbocycles. The average molecular weight is 424 g/mol. The number of carbonyl (C=O) groups is 2. The third-order valence-corrected chi connectivity index (χ3v) is 6.30. The lowest BCUT2D eigenvalue weighted by Crippen LogP contribution is -2.35. The zero-order valence-corrected chi connectivity index (χ0v) is 17.5. The van der Waals surface area contributed by atoms with Crippen LogP contribution in [0.15, 0.2) is 53.4 Å². The minimum atomic E-state index is -0.620. The SMILES string of the molecule is Cc1nc2cc(F)ccc2cc1C(=O)OCC(=O)N1CC[C@@H](C)Sc2ccccc21. The number of pyridine rings is 1. The van der Waals surface area contributed by atoms with E-state index in [0.717, 1.165) is 17.0 Å². The van der Waals surface area contributed by atoms with Crippen molar-refractivity contribution in [3.05, 3.63) is 65.6 Å². The summed E-state index contributed by atoms with van der Waals surface area (Å²) in [4.78, 5) is 32.5. The number of thioether (sulfide) groups is 1. The van der Waals surface area contributed by atoms with Crippen LogP contribution in [-0.2, 0) is 9.53 Å². The van der Waals surface area contributed by atoms with Gasteiger partial charge in [0.25, 0.3) is 5.91 Å². The van der Waals surface area contributed by atoms with Crippen LogP contribution in [0.4, 0.5) is 10.1 Å². The molecular weight excluding hydrogens is 403 g/mol. The topological polar surface area (TPSA) is 59.5 Å². The lowest BCUT2D eigenvalue weighted by molar-refractivity contribution is -0.121.